The van der Waals surface area contributed by atoms with E-state index in [0.29, 0.717) is 10.6 Å². The second-order valence-electron chi connectivity index (χ2n) is 3.81. The lowest BCUT2D eigenvalue weighted by Crippen LogP contribution is -2.30. The van der Waals surface area contributed by atoms with Crippen LogP contribution in [-0.4, -0.2) is 11.9 Å². The molecule has 2 rings (SSSR count). The number of rotatable bonds is 1. The largest absolute Gasteiger partial charge is 0.306 e. The molecule has 0 radical (unpaired) electrons. The quantitative estimate of drug-likeness (QED) is 0.668. The van der Waals surface area contributed by atoms with Crippen LogP contribution in [-0.2, 0) is 4.79 Å². The molecule has 1 fully saturated rings. The summed E-state index contributed by atoms with van der Waals surface area (Å²) in [5, 5.41) is 0.678. The molecule has 1 saturated heterocycles. The molecular formula is C12H12ClNO. The van der Waals surface area contributed by atoms with Crippen molar-refractivity contribution in [1.82, 2.24) is 0 Å². The van der Waals surface area contributed by atoms with Crippen molar-refractivity contribution in [2.45, 2.75) is 19.4 Å². The number of carbonyl (C=O) groups excluding carboxylic acids is 1. The molecule has 0 spiro atoms. The second kappa shape index (κ2) is 3.70. The summed E-state index contributed by atoms with van der Waals surface area (Å²) < 4.78 is 0. The molecule has 3 heteroatoms. The van der Waals surface area contributed by atoms with Gasteiger partial charge in [-0.05, 0) is 37.6 Å². The van der Waals surface area contributed by atoms with Crippen LogP contribution in [0.2, 0.25) is 5.02 Å². The summed E-state index contributed by atoms with van der Waals surface area (Å²) in [6, 6.07) is 7.48. The number of halogens is 1. The SMILES string of the molecule is C=C1C[C@H](C)N(c2ccc(Cl)cc2)C1=O. The van der Waals surface area contributed by atoms with Crippen LogP contribution in [0.4, 0.5) is 5.69 Å². The summed E-state index contributed by atoms with van der Waals surface area (Å²) in [6.45, 7) is 5.78. The molecular weight excluding hydrogens is 210 g/mol. The first-order valence-corrected chi connectivity index (χ1v) is 5.24. The Morgan fingerprint density at radius 3 is 2.47 bits per heavy atom. The molecule has 1 aromatic rings. The molecule has 78 valence electrons. The maximum Gasteiger partial charge on any atom is 0.253 e. The first kappa shape index (κ1) is 10.2. The molecule has 0 saturated carbocycles. The van der Waals surface area contributed by atoms with Gasteiger partial charge in [-0.25, -0.2) is 0 Å². The Balaban J connectivity index is 2.35. The number of benzene rings is 1. The number of amides is 1. The Hall–Kier alpha value is -1.28. The summed E-state index contributed by atoms with van der Waals surface area (Å²) in [5.41, 5.74) is 1.56. The molecule has 1 atom stereocenters. The number of carbonyl (C=O) groups is 1. The van der Waals surface area contributed by atoms with E-state index in [1.54, 1.807) is 17.0 Å². The van der Waals surface area contributed by atoms with Crippen LogP contribution < -0.4 is 4.90 Å². The summed E-state index contributed by atoms with van der Waals surface area (Å²) in [5.74, 6) is 0.0184. The van der Waals surface area contributed by atoms with Gasteiger partial charge in [-0.15, -0.1) is 0 Å². The minimum absolute atomic E-state index is 0.0184. The lowest BCUT2D eigenvalue weighted by Gasteiger charge is -2.21. The Morgan fingerprint density at radius 2 is 2.00 bits per heavy atom. The molecule has 1 aromatic carbocycles. The summed E-state index contributed by atoms with van der Waals surface area (Å²) in [6.07, 6.45) is 0.738. The Bertz CT molecular complexity index is 410. The third-order valence-corrected chi connectivity index (χ3v) is 2.86. The average Bonchev–Trinajstić information content (AvgIpc) is 2.44. The van der Waals surface area contributed by atoms with Gasteiger partial charge in [0.15, 0.2) is 0 Å². The van der Waals surface area contributed by atoms with E-state index in [1.165, 1.54) is 0 Å². The Kier molecular flexibility index (Phi) is 2.53. The van der Waals surface area contributed by atoms with Crippen molar-refractivity contribution in [3.05, 3.63) is 41.4 Å². The van der Waals surface area contributed by atoms with Crippen molar-refractivity contribution in [2.75, 3.05) is 4.90 Å². The van der Waals surface area contributed by atoms with Gasteiger partial charge in [-0.1, -0.05) is 18.2 Å². The standard InChI is InChI=1S/C12H12ClNO/c1-8-7-9(2)14(12(8)15)11-5-3-10(13)4-6-11/h3-6,9H,1,7H2,2H3/t9-/m0/s1. The first-order valence-electron chi connectivity index (χ1n) is 4.86. The van der Waals surface area contributed by atoms with E-state index in [1.807, 2.05) is 19.1 Å². The third kappa shape index (κ3) is 1.77. The first-order chi connectivity index (χ1) is 7.09. The van der Waals surface area contributed by atoms with E-state index >= 15 is 0 Å². The zero-order valence-electron chi connectivity index (χ0n) is 8.53. The van der Waals surface area contributed by atoms with Gasteiger partial charge in [0.05, 0.1) is 0 Å². The van der Waals surface area contributed by atoms with Crippen molar-refractivity contribution >= 4 is 23.2 Å². The fourth-order valence-corrected chi connectivity index (χ4v) is 2.01. The molecule has 2 nitrogen and oxygen atoms in total. The summed E-state index contributed by atoms with van der Waals surface area (Å²) in [4.78, 5) is 13.6. The molecule has 1 heterocycles. The van der Waals surface area contributed by atoms with Crippen molar-refractivity contribution in [1.29, 1.82) is 0 Å². The van der Waals surface area contributed by atoms with Gasteiger partial charge >= 0.3 is 0 Å². The van der Waals surface area contributed by atoms with E-state index in [-0.39, 0.29) is 11.9 Å². The highest BCUT2D eigenvalue weighted by Gasteiger charge is 2.31. The normalized spacial score (nSPS) is 21.2. The predicted octanol–water partition coefficient (Wildman–Crippen LogP) is 3.02. The van der Waals surface area contributed by atoms with Crippen LogP contribution in [0.1, 0.15) is 13.3 Å². The maximum absolute atomic E-state index is 11.8. The number of hydrogen-bond acceptors (Lipinski definition) is 1. The highest BCUT2D eigenvalue weighted by Crippen LogP contribution is 2.29. The molecule has 1 amide bonds. The van der Waals surface area contributed by atoms with Crippen molar-refractivity contribution in [3.8, 4) is 0 Å². The van der Waals surface area contributed by atoms with Crippen LogP contribution >= 0.6 is 11.6 Å². The monoisotopic (exact) mass is 221 g/mol. The van der Waals surface area contributed by atoms with Crippen LogP contribution in [0.25, 0.3) is 0 Å². The van der Waals surface area contributed by atoms with E-state index in [0.717, 1.165) is 12.1 Å². The second-order valence-corrected chi connectivity index (χ2v) is 4.24. The lowest BCUT2D eigenvalue weighted by atomic mass is 10.2. The van der Waals surface area contributed by atoms with Gasteiger partial charge < -0.3 is 4.90 Å². The van der Waals surface area contributed by atoms with Crippen molar-refractivity contribution in [2.24, 2.45) is 0 Å². The van der Waals surface area contributed by atoms with Gasteiger partial charge in [0.1, 0.15) is 0 Å². The summed E-state index contributed by atoms with van der Waals surface area (Å²) in [7, 11) is 0. The van der Waals surface area contributed by atoms with Gasteiger partial charge in [-0.2, -0.15) is 0 Å². The Labute approximate surface area is 94.2 Å². The number of hydrogen-bond donors (Lipinski definition) is 0. The highest BCUT2D eigenvalue weighted by atomic mass is 35.5. The van der Waals surface area contributed by atoms with E-state index in [9.17, 15) is 4.79 Å². The molecule has 15 heavy (non-hydrogen) atoms. The molecule has 1 aliphatic rings. The molecule has 0 bridgehead atoms. The topological polar surface area (TPSA) is 20.3 Å². The van der Waals surface area contributed by atoms with Crippen LogP contribution in [0, 0.1) is 0 Å². The maximum atomic E-state index is 11.8. The number of nitrogens with zero attached hydrogens (tertiary/aromatic N) is 1. The van der Waals surface area contributed by atoms with E-state index < -0.39 is 0 Å². The van der Waals surface area contributed by atoms with Crippen LogP contribution in [0.15, 0.2) is 36.4 Å². The van der Waals surface area contributed by atoms with Crippen LogP contribution in [0.5, 0.6) is 0 Å². The van der Waals surface area contributed by atoms with Gasteiger partial charge in [-0.3, -0.25) is 4.79 Å². The molecule has 0 aliphatic carbocycles. The zero-order chi connectivity index (χ0) is 11.0. The van der Waals surface area contributed by atoms with E-state index in [2.05, 4.69) is 6.58 Å². The third-order valence-electron chi connectivity index (χ3n) is 2.61. The minimum atomic E-state index is 0.0184. The van der Waals surface area contributed by atoms with Gasteiger partial charge in [0.25, 0.3) is 5.91 Å². The lowest BCUT2D eigenvalue weighted by molar-refractivity contribution is -0.114. The Morgan fingerprint density at radius 1 is 1.40 bits per heavy atom. The van der Waals surface area contributed by atoms with E-state index in [4.69, 9.17) is 11.6 Å². The molecule has 0 aromatic heterocycles. The smallest absolute Gasteiger partial charge is 0.253 e. The highest BCUT2D eigenvalue weighted by molar-refractivity contribution is 6.30. The molecule has 0 N–H and O–H groups in total. The average molecular weight is 222 g/mol. The predicted molar refractivity (Wildman–Crippen MR) is 62.2 cm³/mol. The summed E-state index contributed by atoms with van der Waals surface area (Å²) >= 11 is 5.80. The molecule has 1 aliphatic heterocycles. The fraction of sp³-hybridized carbons (Fsp3) is 0.250. The van der Waals surface area contributed by atoms with Crippen LogP contribution in [0.3, 0.4) is 0 Å². The van der Waals surface area contributed by atoms with Crippen molar-refractivity contribution < 1.29 is 4.79 Å². The van der Waals surface area contributed by atoms with Crippen molar-refractivity contribution in [3.63, 3.8) is 0 Å². The minimum Gasteiger partial charge on any atom is -0.306 e. The number of anilines is 1. The zero-order valence-corrected chi connectivity index (χ0v) is 9.29. The molecule has 0 unspecified atom stereocenters. The fourth-order valence-electron chi connectivity index (χ4n) is 1.88. The van der Waals surface area contributed by atoms with Gasteiger partial charge in [0, 0.05) is 22.3 Å². The van der Waals surface area contributed by atoms with Gasteiger partial charge in [0.2, 0.25) is 0 Å².